The van der Waals surface area contributed by atoms with E-state index in [4.69, 9.17) is 14.9 Å². The Morgan fingerprint density at radius 2 is 2.25 bits per heavy atom. The summed E-state index contributed by atoms with van der Waals surface area (Å²) in [4.78, 5) is 0. The van der Waals surface area contributed by atoms with Gasteiger partial charge in [0.05, 0.1) is 12.1 Å². The molecule has 3 atom stereocenters. The van der Waals surface area contributed by atoms with Crippen molar-refractivity contribution in [1.82, 2.24) is 0 Å². The van der Waals surface area contributed by atoms with Gasteiger partial charge in [0.2, 0.25) is 0 Å². The van der Waals surface area contributed by atoms with E-state index in [1.165, 1.54) is 0 Å². The summed E-state index contributed by atoms with van der Waals surface area (Å²) in [5, 5.41) is 1.03. The molecule has 0 bridgehead atoms. The highest BCUT2D eigenvalue weighted by Gasteiger charge is 2.21. The molecule has 1 aliphatic rings. The van der Waals surface area contributed by atoms with E-state index in [1.807, 2.05) is 30.3 Å². The van der Waals surface area contributed by atoms with Crippen molar-refractivity contribution < 1.29 is 13.4 Å². The van der Waals surface area contributed by atoms with Crippen LogP contribution in [-0.2, 0) is 15.5 Å². The molecule has 2 aromatic rings. The summed E-state index contributed by atoms with van der Waals surface area (Å²) in [5.41, 5.74) is 6.93. The predicted molar refractivity (Wildman–Crippen MR) is 80.0 cm³/mol. The molecule has 3 unspecified atom stereocenters. The van der Waals surface area contributed by atoms with E-state index in [0.29, 0.717) is 17.3 Å². The van der Waals surface area contributed by atoms with E-state index < -0.39 is 10.8 Å². The second-order valence-corrected chi connectivity index (χ2v) is 6.75. The molecular weight excluding hydrogens is 274 g/mol. The van der Waals surface area contributed by atoms with Gasteiger partial charge < -0.3 is 14.9 Å². The molecule has 2 N–H and O–H groups in total. The molecule has 0 radical (unpaired) electrons. The lowest BCUT2D eigenvalue weighted by atomic mass is 10.2. The Bertz CT molecular complexity index is 571. The second kappa shape index (κ2) is 6.08. The molecule has 2 heterocycles. The number of para-hydroxylation sites is 1. The molecule has 1 fully saturated rings. The Kier molecular flexibility index (Phi) is 4.19. The van der Waals surface area contributed by atoms with Gasteiger partial charge in [-0.15, -0.1) is 0 Å². The van der Waals surface area contributed by atoms with E-state index in [2.05, 4.69) is 0 Å². The molecular formula is C15H19NO3S. The van der Waals surface area contributed by atoms with Gasteiger partial charge in [0, 0.05) is 34.3 Å². The molecule has 0 aliphatic carbocycles. The number of furan rings is 1. The maximum atomic E-state index is 12.1. The number of benzene rings is 1. The molecule has 1 aromatic carbocycles. The van der Waals surface area contributed by atoms with Crippen molar-refractivity contribution in [3.63, 3.8) is 0 Å². The van der Waals surface area contributed by atoms with Crippen LogP contribution in [-0.4, -0.2) is 28.4 Å². The van der Waals surface area contributed by atoms with Gasteiger partial charge in [0.1, 0.15) is 11.3 Å². The molecule has 4 nitrogen and oxygen atoms in total. The number of hydrogen-bond donors (Lipinski definition) is 1. The summed E-state index contributed by atoms with van der Waals surface area (Å²) in [7, 11) is -0.972. The Morgan fingerprint density at radius 1 is 1.40 bits per heavy atom. The van der Waals surface area contributed by atoms with E-state index in [-0.39, 0.29) is 12.1 Å². The minimum Gasteiger partial charge on any atom is -0.459 e. The van der Waals surface area contributed by atoms with Crippen LogP contribution >= 0.6 is 0 Å². The summed E-state index contributed by atoms with van der Waals surface area (Å²) in [6.07, 6.45) is 2.21. The lowest BCUT2D eigenvalue weighted by Gasteiger charge is -2.11. The number of ether oxygens (including phenoxy) is 1. The summed E-state index contributed by atoms with van der Waals surface area (Å²) < 4.78 is 23.3. The van der Waals surface area contributed by atoms with Crippen LogP contribution in [0.2, 0.25) is 0 Å². The van der Waals surface area contributed by atoms with E-state index in [1.54, 1.807) is 0 Å². The molecule has 20 heavy (non-hydrogen) atoms. The predicted octanol–water partition coefficient (Wildman–Crippen LogP) is 2.36. The third-order valence-corrected chi connectivity index (χ3v) is 5.05. The van der Waals surface area contributed by atoms with Crippen LogP contribution in [0.3, 0.4) is 0 Å². The number of nitrogens with two attached hydrogens (primary N) is 1. The van der Waals surface area contributed by atoms with E-state index >= 15 is 0 Å². The molecule has 3 rings (SSSR count). The topological polar surface area (TPSA) is 65.5 Å². The van der Waals surface area contributed by atoms with Crippen LogP contribution in [0.5, 0.6) is 0 Å². The zero-order chi connectivity index (χ0) is 13.9. The normalized spacial score (nSPS) is 22.1. The third-order valence-electron chi connectivity index (χ3n) is 3.57. The molecule has 0 saturated carbocycles. The van der Waals surface area contributed by atoms with Gasteiger partial charge in [-0.1, -0.05) is 18.2 Å². The lowest BCUT2D eigenvalue weighted by molar-refractivity contribution is 0.128. The van der Waals surface area contributed by atoms with Gasteiger partial charge in [-0.25, -0.2) is 0 Å². The van der Waals surface area contributed by atoms with E-state index in [9.17, 15) is 4.21 Å². The fourth-order valence-corrected chi connectivity index (χ4v) is 3.90. The number of fused-ring (bicyclic) bond motifs is 1. The third kappa shape index (κ3) is 3.11. The minimum absolute atomic E-state index is 0.138. The SMILES string of the molecule is NC(CS(=O)CC1CCCO1)c1cc2ccccc2o1. The average molecular weight is 293 g/mol. The van der Waals surface area contributed by atoms with Crippen molar-refractivity contribution in [1.29, 1.82) is 0 Å². The van der Waals surface area contributed by atoms with Crippen LogP contribution in [0.1, 0.15) is 24.6 Å². The van der Waals surface area contributed by atoms with Crippen LogP contribution in [0, 0.1) is 0 Å². The Balaban J connectivity index is 1.62. The van der Waals surface area contributed by atoms with Crippen molar-refractivity contribution >= 4 is 21.8 Å². The Labute approximate surface area is 120 Å². The maximum absolute atomic E-state index is 12.1. The summed E-state index contributed by atoms with van der Waals surface area (Å²) in [6.45, 7) is 0.789. The fourth-order valence-electron chi connectivity index (χ4n) is 2.52. The summed E-state index contributed by atoms with van der Waals surface area (Å²) >= 11 is 0. The first-order valence-electron chi connectivity index (χ1n) is 6.93. The quantitative estimate of drug-likeness (QED) is 0.919. The molecule has 0 amide bonds. The van der Waals surface area contributed by atoms with Crippen molar-refractivity contribution in [3.05, 3.63) is 36.1 Å². The van der Waals surface area contributed by atoms with Gasteiger partial charge in [0.15, 0.2) is 0 Å². The molecule has 1 aliphatic heterocycles. The summed E-state index contributed by atoms with van der Waals surface area (Å²) in [6, 6.07) is 9.39. The standard InChI is InChI=1S/C15H19NO3S/c16-13(10-20(17)9-12-5-3-7-18-12)15-8-11-4-1-2-6-14(11)19-15/h1-2,4,6,8,12-13H,3,5,7,9-10,16H2. The summed E-state index contributed by atoms with van der Waals surface area (Å²) in [5.74, 6) is 1.69. The largest absolute Gasteiger partial charge is 0.459 e. The maximum Gasteiger partial charge on any atom is 0.134 e. The smallest absolute Gasteiger partial charge is 0.134 e. The van der Waals surface area contributed by atoms with Crippen molar-refractivity contribution in [2.75, 3.05) is 18.1 Å². The van der Waals surface area contributed by atoms with Crippen molar-refractivity contribution in [2.24, 2.45) is 5.73 Å². The van der Waals surface area contributed by atoms with Gasteiger partial charge in [-0.05, 0) is 25.0 Å². The Morgan fingerprint density at radius 3 is 3.00 bits per heavy atom. The van der Waals surface area contributed by atoms with Crippen LogP contribution in [0.25, 0.3) is 11.0 Å². The van der Waals surface area contributed by atoms with Crippen LogP contribution < -0.4 is 5.73 Å². The lowest BCUT2D eigenvalue weighted by Crippen LogP contribution is -2.23. The Hall–Kier alpha value is -1.17. The molecule has 5 heteroatoms. The highest BCUT2D eigenvalue weighted by Crippen LogP contribution is 2.23. The monoisotopic (exact) mass is 293 g/mol. The minimum atomic E-state index is -0.972. The van der Waals surface area contributed by atoms with Gasteiger partial charge >= 0.3 is 0 Å². The highest BCUT2D eigenvalue weighted by atomic mass is 32.2. The van der Waals surface area contributed by atoms with Gasteiger partial charge in [0.25, 0.3) is 0 Å². The van der Waals surface area contributed by atoms with Crippen molar-refractivity contribution in [3.8, 4) is 0 Å². The van der Waals surface area contributed by atoms with Gasteiger partial charge in [-0.2, -0.15) is 0 Å². The molecule has 1 saturated heterocycles. The average Bonchev–Trinajstić information content (AvgIpc) is 3.06. The molecule has 0 spiro atoms. The second-order valence-electron chi connectivity index (χ2n) is 5.20. The molecule has 108 valence electrons. The highest BCUT2D eigenvalue weighted by molar-refractivity contribution is 7.85. The molecule has 1 aromatic heterocycles. The first kappa shape index (κ1) is 13.8. The zero-order valence-electron chi connectivity index (χ0n) is 11.3. The van der Waals surface area contributed by atoms with Gasteiger partial charge in [-0.3, -0.25) is 4.21 Å². The fraction of sp³-hybridized carbons (Fsp3) is 0.467. The van der Waals surface area contributed by atoms with Crippen LogP contribution in [0.4, 0.5) is 0 Å². The number of hydrogen-bond acceptors (Lipinski definition) is 4. The van der Waals surface area contributed by atoms with Crippen LogP contribution in [0.15, 0.2) is 34.7 Å². The van der Waals surface area contributed by atoms with E-state index in [0.717, 1.165) is 30.4 Å². The number of rotatable bonds is 5. The van der Waals surface area contributed by atoms with Crippen molar-refractivity contribution in [2.45, 2.75) is 25.0 Å². The zero-order valence-corrected chi connectivity index (χ0v) is 12.1. The first-order chi connectivity index (χ1) is 9.72. The first-order valence-corrected chi connectivity index (χ1v) is 8.42.